The number of carbonyl (C=O) groups is 2. The molecule has 8 heteroatoms. The van der Waals surface area contributed by atoms with E-state index in [0.717, 1.165) is 11.1 Å². The molecule has 0 radical (unpaired) electrons. The van der Waals surface area contributed by atoms with Gasteiger partial charge in [0.25, 0.3) is 5.91 Å². The van der Waals surface area contributed by atoms with Gasteiger partial charge in [0.2, 0.25) is 11.7 Å². The van der Waals surface area contributed by atoms with Crippen LogP contribution in [0.1, 0.15) is 27.3 Å². The van der Waals surface area contributed by atoms with Crippen molar-refractivity contribution in [2.45, 2.75) is 20.0 Å². The van der Waals surface area contributed by atoms with Crippen molar-refractivity contribution in [2.75, 3.05) is 5.32 Å². The van der Waals surface area contributed by atoms with Gasteiger partial charge < -0.3 is 10.6 Å². The van der Waals surface area contributed by atoms with Crippen LogP contribution in [0.15, 0.2) is 54.9 Å². The van der Waals surface area contributed by atoms with Crippen molar-refractivity contribution in [3.63, 3.8) is 0 Å². The second kappa shape index (κ2) is 8.60. The van der Waals surface area contributed by atoms with Crippen LogP contribution in [0, 0.1) is 18.3 Å². The number of nitriles is 1. The molecule has 0 aliphatic carbocycles. The van der Waals surface area contributed by atoms with Gasteiger partial charge in [-0.1, -0.05) is 42.0 Å². The molecule has 0 spiro atoms. The van der Waals surface area contributed by atoms with E-state index in [4.69, 9.17) is 5.26 Å². The van der Waals surface area contributed by atoms with E-state index in [0.29, 0.717) is 17.8 Å². The highest BCUT2D eigenvalue weighted by atomic mass is 16.2. The molecule has 0 atom stereocenters. The molecule has 0 unspecified atom stereocenters. The number of aryl methyl sites for hydroxylation is 1. The number of benzene rings is 2. The molecule has 0 aliphatic heterocycles. The van der Waals surface area contributed by atoms with E-state index in [1.54, 1.807) is 24.3 Å². The first-order valence-electron chi connectivity index (χ1n) is 8.57. The van der Waals surface area contributed by atoms with Crippen molar-refractivity contribution in [3.05, 3.63) is 77.4 Å². The molecule has 1 heterocycles. The van der Waals surface area contributed by atoms with E-state index >= 15 is 0 Å². The Balaban J connectivity index is 1.66. The molecule has 2 amide bonds. The number of para-hydroxylation sites is 1. The van der Waals surface area contributed by atoms with E-state index in [1.165, 1.54) is 10.9 Å². The minimum absolute atomic E-state index is 0.0410. The van der Waals surface area contributed by atoms with Crippen molar-refractivity contribution in [2.24, 2.45) is 0 Å². The molecular weight excluding hydrogens is 356 g/mol. The van der Waals surface area contributed by atoms with E-state index in [1.807, 2.05) is 37.3 Å². The Hall–Kier alpha value is -3.99. The Morgan fingerprint density at radius 1 is 1.14 bits per heavy atom. The third-order valence-electron chi connectivity index (χ3n) is 4.05. The highest BCUT2D eigenvalue weighted by Crippen LogP contribution is 2.15. The van der Waals surface area contributed by atoms with Crippen LogP contribution in [-0.4, -0.2) is 26.6 Å². The Morgan fingerprint density at radius 3 is 2.64 bits per heavy atom. The molecule has 3 aromatic rings. The molecule has 140 valence electrons. The van der Waals surface area contributed by atoms with Crippen LogP contribution in [0.25, 0.3) is 0 Å². The van der Waals surface area contributed by atoms with Crippen LogP contribution in [-0.2, 0) is 17.9 Å². The number of nitrogens with one attached hydrogen (secondary N) is 2. The van der Waals surface area contributed by atoms with Crippen molar-refractivity contribution in [1.82, 2.24) is 20.1 Å². The van der Waals surface area contributed by atoms with Gasteiger partial charge in [0, 0.05) is 6.54 Å². The van der Waals surface area contributed by atoms with Crippen LogP contribution in [0.4, 0.5) is 5.69 Å². The van der Waals surface area contributed by atoms with Crippen LogP contribution < -0.4 is 10.6 Å². The molecule has 2 N–H and O–H groups in total. The number of carbonyl (C=O) groups excluding carboxylic acids is 2. The summed E-state index contributed by atoms with van der Waals surface area (Å²) in [6.45, 7) is 2.25. The number of hydrogen-bond acceptors (Lipinski definition) is 5. The number of rotatable bonds is 6. The highest BCUT2D eigenvalue weighted by molar-refractivity contribution is 6.03. The largest absolute Gasteiger partial charge is 0.348 e. The summed E-state index contributed by atoms with van der Waals surface area (Å²) in [6, 6.07) is 16.5. The van der Waals surface area contributed by atoms with Crippen LogP contribution >= 0.6 is 0 Å². The molecule has 0 bridgehead atoms. The third kappa shape index (κ3) is 4.59. The molecule has 0 saturated heterocycles. The van der Waals surface area contributed by atoms with Crippen LogP contribution in [0.3, 0.4) is 0 Å². The Kier molecular flexibility index (Phi) is 5.77. The Morgan fingerprint density at radius 2 is 1.89 bits per heavy atom. The normalized spacial score (nSPS) is 10.1. The van der Waals surface area contributed by atoms with Crippen LogP contribution in [0.5, 0.6) is 0 Å². The summed E-state index contributed by atoms with van der Waals surface area (Å²) in [5.74, 6) is -0.646. The number of nitrogens with zero attached hydrogens (tertiary/aromatic N) is 4. The van der Waals surface area contributed by atoms with Gasteiger partial charge in [0.05, 0.1) is 11.3 Å². The maximum Gasteiger partial charge on any atom is 0.253 e. The maximum absolute atomic E-state index is 12.6. The quantitative estimate of drug-likeness (QED) is 0.685. The molecular formula is C20H18N6O2. The predicted octanol–water partition coefficient (Wildman–Crippen LogP) is 2.03. The molecule has 0 fully saturated rings. The lowest BCUT2D eigenvalue weighted by atomic mass is 10.1. The van der Waals surface area contributed by atoms with Gasteiger partial charge in [-0.05, 0) is 24.6 Å². The SMILES string of the molecule is Cc1ccc(CNC(=O)c2ccccc2NC(=O)Cn2cnnc2C#N)cc1. The number of amides is 2. The molecule has 8 nitrogen and oxygen atoms in total. The minimum Gasteiger partial charge on any atom is -0.348 e. The fourth-order valence-electron chi connectivity index (χ4n) is 2.58. The smallest absolute Gasteiger partial charge is 0.253 e. The van der Waals surface area contributed by atoms with Crippen LogP contribution in [0.2, 0.25) is 0 Å². The monoisotopic (exact) mass is 374 g/mol. The summed E-state index contributed by atoms with van der Waals surface area (Å²) >= 11 is 0. The molecule has 1 aromatic heterocycles. The topological polar surface area (TPSA) is 113 Å². The second-order valence-electron chi connectivity index (χ2n) is 6.16. The van der Waals surface area contributed by atoms with E-state index in [9.17, 15) is 9.59 Å². The summed E-state index contributed by atoms with van der Waals surface area (Å²) in [6.07, 6.45) is 1.30. The first-order valence-corrected chi connectivity index (χ1v) is 8.57. The fourth-order valence-corrected chi connectivity index (χ4v) is 2.58. The van der Waals surface area contributed by atoms with E-state index in [-0.39, 0.29) is 18.3 Å². The van der Waals surface area contributed by atoms with Gasteiger partial charge >= 0.3 is 0 Å². The van der Waals surface area contributed by atoms with Gasteiger partial charge in [0.15, 0.2) is 0 Å². The highest BCUT2D eigenvalue weighted by Gasteiger charge is 2.14. The second-order valence-corrected chi connectivity index (χ2v) is 6.16. The van der Waals surface area contributed by atoms with Gasteiger partial charge in [0.1, 0.15) is 18.9 Å². The molecule has 28 heavy (non-hydrogen) atoms. The van der Waals surface area contributed by atoms with Crippen molar-refractivity contribution < 1.29 is 9.59 Å². The molecule has 0 aliphatic rings. The van der Waals surface area contributed by atoms with E-state index < -0.39 is 5.91 Å². The fraction of sp³-hybridized carbons (Fsp3) is 0.150. The first kappa shape index (κ1) is 18.8. The zero-order valence-electron chi connectivity index (χ0n) is 15.2. The van der Waals surface area contributed by atoms with Gasteiger partial charge in [-0.3, -0.25) is 14.2 Å². The van der Waals surface area contributed by atoms with Crippen molar-refractivity contribution in [3.8, 4) is 6.07 Å². The van der Waals surface area contributed by atoms with Crippen molar-refractivity contribution in [1.29, 1.82) is 5.26 Å². The maximum atomic E-state index is 12.6. The molecule has 0 saturated carbocycles. The average molecular weight is 374 g/mol. The Bertz CT molecular complexity index is 1030. The van der Waals surface area contributed by atoms with Crippen molar-refractivity contribution >= 4 is 17.5 Å². The molecule has 2 aromatic carbocycles. The average Bonchev–Trinajstić information content (AvgIpc) is 3.14. The summed E-state index contributed by atoms with van der Waals surface area (Å²) in [4.78, 5) is 24.9. The third-order valence-corrected chi connectivity index (χ3v) is 4.05. The summed E-state index contributed by atoms with van der Waals surface area (Å²) in [5.41, 5.74) is 2.88. The minimum atomic E-state index is -0.393. The lowest BCUT2D eigenvalue weighted by Gasteiger charge is -2.12. The van der Waals surface area contributed by atoms with Gasteiger partial charge in [-0.2, -0.15) is 5.26 Å². The summed E-state index contributed by atoms with van der Waals surface area (Å²) < 4.78 is 1.33. The zero-order valence-corrected chi connectivity index (χ0v) is 15.2. The Labute approximate surface area is 161 Å². The predicted molar refractivity (Wildman–Crippen MR) is 102 cm³/mol. The number of hydrogen-bond donors (Lipinski definition) is 2. The zero-order chi connectivity index (χ0) is 19.9. The summed E-state index contributed by atoms with van der Waals surface area (Å²) in [5, 5.41) is 21.7. The van der Waals surface area contributed by atoms with E-state index in [2.05, 4.69) is 20.8 Å². The lowest BCUT2D eigenvalue weighted by Crippen LogP contribution is -2.26. The standard InChI is InChI=1S/C20H18N6O2/c1-14-6-8-15(9-7-14)11-22-20(28)16-4-2-3-5-17(16)24-19(27)12-26-13-23-25-18(26)10-21/h2-9,13H,11-12H2,1H3,(H,22,28)(H,24,27). The lowest BCUT2D eigenvalue weighted by molar-refractivity contribution is -0.116. The number of aromatic nitrogens is 3. The van der Waals surface area contributed by atoms with Gasteiger partial charge in [-0.15, -0.1) is 10.2 Å². The first-order chi connectivity index (χ1) is 13.6. The summed E-state index contributed by atoms with van der Waals surface area (Å²) in [7, 11) is 0. The molecule has 3 rings (SSSR count). The number of anilines is 1. The van der Waals surface area contributed by atoms with Gasteiger partial charge in [-0.25, -0.2) is 0 Å².